The first-order valence-electron chi connectivity index (χ1n) is 10.3. The molecule has 1 aromatic rings. The smallest absolute Gasteiger partial charge is 0.388 e. The lowest BCUT2D eigenvalue weighted by Gasteiger charge is -2.14. The zero-order chi connectivity index (χ0) is 17.5. The molecule has 0 fully saturated rings. The van der Waals surface area contributed by atoms with Gasteiger partial charge in [0.2, 0.25) is 5.39 Å². The number of hydrogen-bond acceptors (Lipinski definition) is 1. The summed E-state index contributed by atoms with van der Waals surface area (Å²) in [6.07, 6.45) is 17.4. The van der Waals surface area contributed by atoms with Gasteiger partial charge in [0.15, 0.2) is 4.98 Å². The van der Waals surface area contributed by atoms with Gasteiger partial charge in [0.25, 0.3) is 0 Å². The first-order chi connectivity index (χ1) is 11.8. The van der Waals surface area contributed by atoms with Crippen molar-refractivity contribution in [1.29, 1.82) is 5.39 Å². The van der Waals surface area contributed by atoms with Crippen molar-refractivity contribution in [3.05, 3.63) is 34.8 Å². The molecule has 3 heteroatoms. The van der Waals surface area contributed by atoms with E-state index in [9.17, 15) is 5.39 Å². The van der Waals surface area contributed by atoms with E-state index in [1.54, 1.807) is 0 Å². The molecule has 0 aliphatic carbocycles. The Labute approximate surface area is 161 Å². The standard InChI is InChI=1S/C22H37N2.ClH/c1-3-5-6-7-8-9-10-11-12-13-17-20(16-4-2)21-18-14-15-19-22(21)24-23;/h14-15,18-20H,3-13,16-17H2,1-2H3;1H/q+1;/p-1. The van der Waals surface area contributed by atoms with E-state index in [1.807, 2.05) is 12.1 Å². The monoisotopic (exact) mass is 364 g/mol. The van der Waals surface area contributed by atoms with Crippen molar-refractivity contribution in [2.75, 3.05) is 0 Å². The van der Waals surface area contributed by atoms with Gasteiger partial charge >= 0.3 is 5.69 Å². The van der Waals surface area contributed by atoms with Crippen LogP contribution >= 0.6 is 0 Å². The molecule has 0 aliphatic heterocycles. The molecule has 0 aromatic heterocycles. The summed E-state index contributed by atoms with van der Waals surface area (Å²) in [6, 6.07) is 8.05. The van der Waals surface area contributed by atoms with Crippen molar-refractivity contribution in [1.82, 2.24) is 0 Å². The van der Waals surface area contributed by atoms with Crippen LogP contribution < -0.4 is 12.4 Å². The van der Waals surface area contributed by atoms with Crippen LogP contribution in [0.2, 0.25) is 0 Å². The third-order valence-electron chi connectivity index (χ3n) is 5.03. The van der Waals surface area contributed by atoms with Crippen molar-refractivity contribution >= 4 is 5.69 Å². The number of rotatable bonds is 14. The zero-order valence-corrected chi connectivity index (χ0v) is 17.1. The van der Waals surface area contributed by atoms with Crippen LogP contribution in [0.15, 0.2) is 24.3 Å². The normalized spacial score (nSPS) is 11.6. The summed E-state index contributed by atoms with van der Waals surface area (Å²) in [6.45, 7) is 4.52. The number of unbranched alkanes of at least 4 members (excludes halogenated alkanes) is 9. The van der Waals surface area contributed by atoms with Crippen LogP contribution in [0.1, 0.15) is 109 Å². The maximum atomic E-state index is 9.21. The number of diazo groups is 1. The van der Waals surface area contributed by atoms with Gasteiger partial charge in [0, 0.05) is 6.07 Å². The molecule has 25 heavy (non-hydrogen) atoms. The molecule has 1 aromatic carbocycles. The Morgan fingerprint density at radius 2 is 1.32 bits per heavy atom. The van der Waals surface area contributed by atoms with E-state index in [2.05, 4.69) is 31.0 Å². The van der Waals surface area contributed by atoms with Crippen molar-refractivity contribution in [2.45, 2.75) is 103 Å². The molecule has 142 valence electrons. The second-order valence-corrected chi connectivity index (χ2v) is 7.12. The van der Waals surface area contributed by atoms with Crippen molar-refractivity contribution < 1.29 is 12.4 Å². The molecule has 0 saturated heterocycles. The Bertz CT molecular complexity index is 467. The highest BCUT2D eigenvalue weighted by molar-refractivity contribution is 5.53. The molecule has 0 amide bonds. The molecule has 0 aliphatic rings. The van der Waals surface area contributed by atoms with E-state index in [0.717, 1.165) is 5.69 Å². The SMILES string of the molecule is CCCCCCCCCCCCC(CCC)c1ccccc1[N+]#N.[Cl-]. The second kappa shape index (κ2) is 16.4. The third-order valence-corrected chi connectivity index (χ3v) is 5.03. The Morgan fingerprint density at radius 3 is 1.88 bits per heavy atom. The summed E-state index contributed by atoms with van der Waals surface area (Å²) >= 11 is 0. The van der Waals surface area contributed by atoms with E-state index >= 15 is 0 Å². The lowest BCUT2D eigenvalue weighted by molar-refractivity contribution is -0.00000546. The maximum absolute atomic E-state index is 9.21. The molecule has 0 N–H and O–H groups in total. The minimum Gasteiger partial charge on any atom is -1.00 e. The van der Waals surface area contributed by atoms with Gasteiger partial charge in [-0.25, -0.2) is 0 Å². The highest BCUT2D eigenvalue weighted by Crippen LogP contribution is 2.34. The van der Waals surface area contributed by atoms with E-state index in [4.69, 9.17) is 0 Å². The fraction of sp³-hybridized carbons (Fsp3) is 0.727. The first-order valence-corrected chi connectivity index (χ1v) is 10.3. The fourth-order valence-electron chi connectivity index (χ4n) is 3.61. The molecule has 2 nitrogen and oxygen atoms in total. The van der Waals surface area contributed by atoms with Gasteiger partial charge in [-0.2, -0.15) is 0 Å². The molecule has 0 heterocycles. The molecule has 0 bridgehead atoms. The highest BCUT2D eigenvalue weighted by Gasteiger charge is 2.20. The predicted octanol–water partition coefficient (Wildman–Crippen LogP) is 5.37. The largest absolute Gasteiger partial charge is 1.00 e. The van der Waals surface area contributed by atoms with Gasteiger partial charge < -0.3 is 12.4 Å². The fourth-order valence-corrected chi connectivity index (χ4v) is 3.61. The van der Waals surface area contributed by atoms with Gasteiger partial charge in [-0.05, 0) is 18.8 Å². The quantitative estimate of drug-likeness (QED) is 0.322. The van der Waals surface area contributed by atoms with Gasteiger partial charge in [-0.1, -0.05) is 103 Å². The molecule has 0 radical (unpaired) electrons. The molecule has 0 saturated carbocycles. The Hall–Kier alpha value is -1.07. The third kappa shape index (κ3) is 10.5. The summed E-state index contributed by atoms with van der Waals surface area (Å²) < 4.78 is 0. The minimum atomic E-state index is 0. The average Bonchev–Trinajstić information content (AvgIpc) is 2.62. The number of halogens is 1. The summed E-state index contributed by atoms with van der Waals surface area (Å²) in [5, 5.41) is 9.21. The molecule has 0 spiro atoms. The summed E-state index contributed by atoms with van der Waals surface area (Å²) in [5.41, 5.74) is 1.97. The summed E-state index contributed by atoms with van der Waals surface area (Å²) in [5.74, 6) is 0.538. The van der Waals surface area contributed by atoms with Gasteiger partial charge in [0.05, 0.1) is 5.56 Å². The molecule has 1 atom stereocenters. The van der Waals surface area contributed by atoms with Gasteiger partial charge in [-0.3, -0.25) is 0 Å². The van der Waals surface area contributed by atoms with E-state index in [0.29, 0.717) is 5.92 Å². The Morgan fingerprint density at radius 1 is 0.760 bits per heavy atom. The van der Waals surface area contributed by atoms with Crippen molar-refractivity contribution in [3.8, 4) is 0 Å². The van der Waals surface area contributed by atoms with Crippen LogP contribution in [-0.4, -0.2) is 0 Å². The highest BCUT2D eigenvalue weighted by atomic mass is 35.5. The Balaban J connectivity index is 0.00000576. The number of hydrogen-bond donors (Lipinski definition) is 0. The molecular formula is C22H37ClN2. The van der Waals surface area contributed by atoms with Gasteiger partial charge in [0.1, 0.15) is 0 Å². The van der Waals surface area contributed by atoms with Crippen LogP contribution in [0.25, 0.3) is 4.98 Å². The molecule has 1 unspecified atom stereocenters. The second-order valence-electron chi connectivity index (χ2n) is 7.12. The summed E-state index contributed by atoms with van der Waals surface area (Å²) in [4.78, 5) is 3.47. The van der Waals surface area contributed by atoms with Crippen molar-refractivity contribution in [2.24, 2.45) is 0 Å². The van der Waals surface area contributed by atoms with Crippen LogP contribution in [0.5, 0.6) is 0 Å². The van der Waals surface area contributed by atoms with Crippen LogP contribution in [0.3, 0.4) is 0 Å². The predicted molar refractivity (Wildman–Crippen MR) is 105 cm³/mol. The topological polar surface area (TPSA) is 28.1 Å². The van der Waals surface area contributed by atoms with Crippen LogP contribution in [0.4, 0.5) is 5.69 Å². The lowest BCUT2D eigenvalue weighted by atomic mass is 9.88. The number of nitrogens with zero attached hydrogens (tertiary/aromatic N) is 2. The van der Waals surface area contributed by atoms with Crippen LogP contribution in [0, 0.1) is 5.39 Å². The number of benzene rings is 1. The zero-order valence-electron chi connectivity index (χ0n) is 16.4. The van der Waals surface area contributed by atoms with E-state index in [-0.39, 0.29) is 12.4 Å². The van der Waals surface area contributed by atoms with Crippen LogP contribution in [-0.2, 0) is 0 Å². The van der Waals surface area contributed by atoms with Gasteiger partial charge in [-0.15, -0.1) is 0 Å². The molecule has 1 rings (SSSR count). The maximum Gasteiger partial charge on any atom is 0.388 e. The molecular weight excluding hydrogens is 328 g/mol. The average molecular weight is 365 g/mol. The minimum absolute atomic E-state index is 0. The Kier molecular flexibility index (Phi) is 15.7. The summed E-state index contributed by atoms with van der Waals surface area (Å²) in [7, 11) is 0. The van der Waals surface area contributed by atoms with Crippen molar-refractivity contribution in [3.63, 3.8) is 0 Å². The first kappa shape index (κ1) is 23.9. The lowest BCUT2D eigenvalue weighted by Crippen LogP contribution is -3.00. The van der Waals surface area contributed by atoms with E-state index in [1.165, 1.54) is 89.0 Å². The van der Waals surface area contributed by atoms with E-state index < -0.39 is 0 Å².